The Labute approximate surface area is 111 Å². The van der Waals surface area contributed by atoms with Crippen molar-refractivity contribution in [1.82, 2.24) is 0 Å². The minimum absolute atomic E-state index is 0.100. The van der Waals surface area contributed by atoms with Crippen LogP contribution in [0.25, 0.3) is 0 Å². The minimum Gasteiger partial charge on any atom is -0.293 e. The zero-order valence-corrected chi connectivity index (χ0v) is 11.5. The van der Waals surface area contributed by atoms with Crippen molar-refractivity contribution in [2.75, 3.05) is 7.05 Å². The fourth-order valence-electron chi connectivity index (χ4n) is 1.59. The second-order valence-corrected chi connectivity index (χ2v) is 4.49. The second-order valence-electron chi connectivity index (χ2n) is 4.49. The number of carbonyl (C=O) groups excluding carboxylic acids is 1. The van der Waals surface area contributed by atoms with E-state index in [9.17, 15) is 13.6 Å². The van der Waals surface area contributed by atoms with Crippen LogP contribution >= 0.6 is 0 Å². The molecule has 0 radical (unpaired) electrons. The number of alkyl halides is 2. The van der Waals surface area contributed by atoms with Crippen LogP contribution in [0.5, 0.6) is 0 Å². The largest absolute Gasteiger partial charge is 0.293 e. The summed E-state index contributed by atoms with van der Waals surface area (Å²) in [5.41, 5.74) is 1.56. The number of hydrogen-bond donors (Lipinski definition) is 0. The summed E-state index contributed by atoms with van der Waals surface area (Å²) in [6, 6.07) is 5.40. The molecular formula is C15H17F2NO. The van der Waals surface area contributed by atoms with Gasteiger partial charge in [0, 0.05) is 30.8 Å². The van der Waals surface area contributed by atoms with E-state index in [1.165, 1.54) is 24.3 Å². The number of Topliss-reactive ketones (excluding diaryl/α,β-unsaturated/α-hetero) is 1. The van der Waals surface area contributed by atoms with Crippen LogP contribution in [0.1, 0.15) is 36.7 Å². The van der Waals surface area contributed by atoms with Crippen LogP contribution < -0.4 is 0 Å². The SMILES string of the molecule is CN=C(C)/C=C(\C)C(=O)c1ccc(C(C)(F)F)cc1. The lowest BCUT2D eigenvalue weighted by atomic mass is 10.0. The van der Waals surface area contributed by atoms with Crippen molar-refractivity contribution >= 4 is 11.5 Å². The Balaban J connectivity index is 2.99. The van der Waals surface area contributed by atoms with E-state index in [0.717, 1.165) is 12.6 Å². The number of carbonyl (C=O) groups is 1. The molecule has 102 valence electrons. The number of allylic oxidation sites excluding steroid dienone is 2. The summed E-state index contributed by atoms with van der Waals surface area (Å²) in [4.78, 5) is 16.0. The summed E-state index contributed by atoms with van der Waals surface area (Å²) in [6.45, 7) is 4.30. The van der Waals surface area contributed by atoms with Crippen molar-refractivity contribution in [3.05, 3.63) is 47.0 Å². The van der Waals surface area contributed by atoms with Gasteiger partial charge in [-0.3, -0.25) is 9.79 Å². The second kappa shape index (κ2) is 5.87. The standard InChI is InChI=1S/C15H17F2NO/c1-10(9-11(2)18-4)14(19)12-5-7-13(8-6-12)15(3,16)17/h5-9H,1-4H3/b10-9+,18-11?. The molecule has 0 aliphatic carbocycles. The number of hydrogen-bond acceptors (Lipinski definition) is 2. The predicted octanol–water partition coefficient (Wildman–Crippen LogP) is 4.02. The maximum absolute atomic E-state index is 13.1. The van der Waals surface area contributed by atoms with Crippen LogP contribution in [0.15, 0.2) is 40.9 Å². The van der Waals surface area contributed by atoms with Crippen molar-refractivity contribution in [3.63, 3.8) is 0 Å². The summed E-state index contributed by atoms with van der Waals surface area (Å²) in [7, 11) is 1.64. The van der Waals surface area contributed by atoms with Gasteiger partial charge in [0.1, 0.15) is 0 Å². The monoisotopic (exact) mass is 265 g/mol. The molecule has 0 atom stereocenters. The minimum atomic E-state index is -2.89. The van der Waals surface area contributed by atoms with Crippen molar-refractivity contribution in [3.8, 4) is 0 Å². The molecule has 0 spiro atoms. The van der Waals surface area contributed by atoms with Gasteiger partial charge in [0.15, 0.2) is 5.78 Å². The van der Waals surface area contributed by atoms with Gasteiger partial charge in [-0.05, 0) is 25.5 Å². The van der Waals surface area contributed by atoms with Gasteiger partial charge in [0.25, 0.3) is 5.92 Å². The van der Waals surface area contributed by atoms with Gasteiger partial charge >= 0.3 is 0 Å². The van der Waals surface area contributed by atoms with Gasteiger partial charge in [-0.2, -0.15) is 0 Å². The highest BCUT2D eigenvalue weighted by molar-refractivity contribution is 6.12. The van der Waals surface area contributed by atoms with E-state index in [2.05, 4.69) is 4.99 Å². The van der Waals surface area contributed by atoms with E-state index < -0.39 is 5.92 Å². The third-order valence-corrected chi connectivity index (χ3v) is 2.79. The third-order valence-electron chi connectivity index (χ3n) is 2.79. The fraction of sp³-hybridized carbons (Fsp3) is 0.333. The van der Waals surface area contributed by atoms with Crippen LogP contribution in [-0.2, 0) is 5.92 Å². The van der Waals surface area contributed by atoms with E-state index in [-0.39, 0.29) is 11.3 Å². The molecule has 0 fully saturated rings. The topological polar surface area (TPSA) is 29.4 Å². The Hall–Kier alpha value is -1.84. The van der Waals surface area contributed by atoms with Crippen molar-refractivity contribution < 1.29 is 13.6 Å². The van der Waals surface area contributed by atoms with Gasteiger partial charge in [-0.1, -0.05) is 24.3 Å². The average Bonchev–Trinajstić information content (AvgIpc) is 2.36. The van der Waals surface area contributed by atoms with Crippen molar-refractivity contribution in [2.45, 2.75) is 26.7 Å². The Morgan fingerprint density at radius 1 is 1.21 bits per heavy atom. The van der Waals surface area contributed by atoms with Crippen molar-refractivity contribution in [2.24, 2.45) is 4.99 Å². The molecule has 0 unspecified atom stereocenters. The molecule has 0 aliphatic heterocycles. The highest BCUT2D eigenvalue weighted by Gasteiger charge is 2.24. The number of halogens is 2. The molecule has 1 aromatic carbocycles. The Kier molecular flexibility index (Phi) is 4.70. The van der Waals surface area contributed by atoms with Crippen LogP contribution in [-0.4, -0.2) is 18.5 Å². The number of nitrogens with zero attached hydrogens (tertiary/aromatic N) is 1. The lowest BCUT2D eigenvalue weighted by Crippen LogP contribution is -2.08. The van der Waals surface area contributed by atoms with Crippen LogP contribution in [0.3, 0.4) is 0 Å². The first-order valence-corrected chi connectivity index (χ1v) is 5.90. The fourth-order valence-corrected chi connectivity index (χ4v) is 1.59. The molecule has 0 saturated carbocycles. The molecule has 0 aromatic heterocycles. The summed E-state index contributed by atoms with van der Waals surface area (Å²) in [5.74, 6) is -3.08. The molecule has 19 heavy (non-hydrogen) atoms. The Bertz CT molecular complexity index is 522. The predicted molar refractivity (Wildman–Crippen MR) is 73.1 cm³/mol. The number of ketones is 1. The number of aliphatic imine (C=N–C) groups is 1. The molecule has 1 aromatic rings. The van der Waals surface area contributed by atoms with E-state index in [4.69, 9.17) is 0 Å². The van der Waals surface area contributed by atoms with E-state index in [1.54, 1.807) is 27.0 Å². The van der Waals surface area contributed by atoms with E-state index in [1.807, 2.05) is 0 Å². The molecule has 1 rings (SSSR count). The van der Waals surface area contributed by atoms with Crippen LogP contribution in [0.2, 0.25) is 0 Å². The summed E-state index contributed by atoms with van der Waals surface area (Å²) >= 11 is 0. The van der Waals surface area contributed by atoms with Crippen LogP contribution in [0, 0.1) is 0 Å². The number of rotatable bonds is 4. The van der Waals surface area contributed by atoms with Crippen molar-refractivity contribution in [1.29, 1.82) is 0 Å². The molecule has 0 heterocycles. The van der Waals surface area contributed by atoms with Crippen LogP contribution in [0.4, 0.5) is 8.78 Å². The highest BCUT2D eigenvalue weighted by atomic mass is 19.3. The maximum atomic E-state index is 13.1. The van der Waals surface area contributed by atoms with Gasteiger partial charge in [-0.15, -0.1) is 0 Å². The lowest BCUT2D eigenvalue weighted by molar-refractivity contribution is 0.0174. The lowest BCUT2D eigenvalue weighted by Gasteiger charge is -2.10. The normalized spacial score (nSPS) is 13.6. The molecule has 4 heteroatoms. The molecule has 0 saturated heterocycles. The third kappa shape index (κ3) is 4.09. The Morgan fingerprint density at radius 2 is 1.74 bits per heavy atom. The first kappa shape index (κ1) is 15.2. The molecule has 2 nitrogen and oxygen atoms in total. The van der Waals surface area contributed by atoms with Gasteiger partial charge in [-0.25, -0.2) is 8.78 Å². The molecule has 0 bridgehead atoms. The number of benzene rings is 1. The summed E-state index contributed by atoms with van der Waals surface area (Å²) in [5, 5.41) is 0. The van der Waals surface area contributed by atoms with E-state index in [0.29, 0.717) is 11.1 Å². The maximum Gasteiger partial charge on any atom is 0.270 e. The first-order chi connectivity index (χ1) is 8.75. The summed E-state index contributed by atoms with van der Waals surface area (Å²) < 4.78 is 26.1. The molecule has 0 aliphatic rings. The van der Waals surface area contributed by atoms with Gasteiger partial charge < -0.3 is 0 Å². The highest BCUT2D eigenvalue weighted by Crippen LogP contribution is 2.27. The quantitative estimate of drug-likeness (QED) is 0.459. The smallest absolute Gasteiger partial charge is 0.270 e. The Morgan fingerprint density at radius 3 is 2.16 bits per heavy atom. The molecule has 0 N–H and O–H groups in total. The average molecular weight is 265 g/mol. The van der Waals surface area contributed by atoms with Gasteiger partial charge in [0.2, 0.25) is 0 Å². The zero-order chi connectivity index (χ0) is 14.6. The van der Waals surface area contributed by atoms with Gasteiger partial charge in [0.05, 0.1) is 0 Å². The van der Waals surface area contributed by atoms with E-state index >= 15 is 0 Å². The molecule has 0 amide bonds. The first-order valence-electron chi connectivity index (χ1n) is 5.90. The molecular weight excluding hydrogens is 248 g/mol. The summed E-state index contributed by atoms with van der Waals surface area (Å²) in [6.07, 6.45) is 1.67. The zero-order valence-electron chi connectivity index (χ0n) is 11.5.